The third-order valence-electron chi connectivity index (χ3n) is 10.1. The highest BCUT2D eigenvalue weighted by atomic mass is 15.2. The van der Waals surface area contributed by atoms with Gasteiger partial charge in [0, 0.05) is 16.7 Å². The van der Waals surface area contributed by atoms with Gasteiger partial charge in [-0.25, -0.2) is 9.98 Å². The highest BCUT2D eigenvalue weighted by Gasteiger charge is 2.32. The Bertz CT molecular complexity index is 2490. The lowest BCUT2D eigenvalue weighted by molar-refractivity contribution is 0.762. The minimum atomic E-state index is -0.420. The van der Waals surface area contributed by atoms with E-state index in [1.807, 2.05) is 12.1 Å². The minimum Gasteiger partial charge on any atom is -0.324 e. The van der Waals surface area contributed by atoms with Gasteiger partial charge in [-0.15, -0.1) is 0 Å². The molecule has 1 heterocycles. The van der Waals surface area contributed by atoms with Crippen LogP contribution in [0.15, 0.2) is 186 Å². The molecule has 0 aromatic heterocycles. The SMILES string of the molecule is c1ccc(C2=NC(c3ccc4c5c(cccc35)-c3c-4c(-c4ccccc4)c4ccccc4c3-c3ccccc3)N=C(c3ccccc3)N2)cc1. The molecular formula is C47H31N3. The van der Waals surface area contributed by atoms with Gasteiger partial charge >= 0.3 is 0 Å². The molecule has 0 fully saturated rings. The summed E-state index contributed by atoms with van der Waals surface area (Å²) >= 11 is 0. The fraction of sp³-hybridized carbons (Fsp3) is 0.0213. The highest BCUT2D eigenvalue weighted by molar-refractivity contribution is 6.28. The monoisotopic (exact) mass is 637 g/mol. The van der Waals surface area contributed by atoms with Crippen LogP contribution < -0.4 is 5.32 Å². The second kappa shape index (κ2) is 11.5. The van der Waals surface area contributed by atoms with Crippen LogP contribution in [0.5, 0.6) is 0 Å². The highest BCUT2D eigenvalue weighted by Crippen LogP contribution is 2.58. The van der Waals surface area contributed by atoms with E-state index in [0.717, 1.165) is 28.4 Å². The molecule has 8 aromatic rings. The molecule has 0 bridgehead atoms. The zero-order valence-corrected chi connectivity index (χ0v) is 27.2. The summed E-state index contributed by atoms with van der Waals surface area (Å²) < 4.78 is 0. The van der Waals surface area contributed by atoms with Crippen LogP contribution in [0, 0.1) is 0 Å². The van der Waals surface area contributed by atoms with E-state index < -0.39 is 6.17 Å². The van der Waals surface area contributed by atoms with Crippen LogP contribution in [0.25, 0.3) is 66.1 Å². The first kappa shape index (κ1) is 28.4. The quantitative estimate of drug-likeness (QED) is 0.200. The van der Waals surface area contributed by atoms with Gasteiger partial charge in [-0.3, -0.25) is 0 Å². The zero-order valence-electron chi connectivity index (χ0n) is 27.2. The van der Waals surface area contributed by atoms with Crippen molar-refractivity contribution in [3.8, 4) is 44.5 Å². The molecule has 3 heteroatoms. The fourth-order valence-corrected chi connectivity index (χ4v) is 7.93. The van der Waals surface area contributed by atoms with Crippen LogP contribution in [0.2, 0.25) is 0 Å². The Morgan fingerprint density at radius 1 is 0.340 bits per heavy atom. The molecule has 0 unspecified atom stereocenters. The van der Waals surface area contributed by atoms with E-state index in [1.165, 1.54) is 66.1 Å². The first-order valence-electron chi connectivity index (χ1n) is 17.1. The summed E-state index contributed by atoms with van der Waals surface area (Å²) in [5.41, 5.74) is 13.2. The summed E-state index contributed by atoms with van der Waals surface area (Å²) in [6.07, 6.45) is -0.420. The molecule has 0 amide bonds. The summed E-state index contributed by atoms with van der Waals surface area (Å²) in [6.45, 7) is 0. The Morgan fingerprint density at radius 3 is 1.26 bits per heavy atom. The molecule has 3 nitrogen and oxygen atoms in total. The molecule has 1 aliphatic carbocycles. The van der Waals surface area contributed by atoms with Crippen LogP contribution in [-0.2, 0) is 0 Å². The number of nitrogens with one attached hydrogen (secondary N) is 1. The zero-order chi connectivity index (χ0) is 33.0. The standard InChI is InChI=1S/C47H31N3/c1-5-16-30(17-6-1)40-34-24-13-14-25-35(34)41(31-18-7-2-8-19-31)44-39-29-28-37(36-26-15-27-38(42(36)39)43(40)44)47-49-45(32-20-9-3-10-21-32)48-46(50-47)33-22-11-4-12-23-33/h1-29,47H,(H,48,49,50). The lowest BCUT2D eigenvalue weighted by Crippen LogP contribution is -2.36. The number of amidine groups is 2. The van der Waals surface area contributed by atoms with E-state index in [4.69, 9.17) is 9.98 Å². The summed E-state index contributed by atoms with van der Waals surface area (Å²) in [5.74, 6) is 1.64. The van der Waals surface area contributed by atoms with Gasteiger partial charge in [0.25, 0.3) is 0 Å². The smallest absolute Gasteiger partial charge is 0.170 e. The molecule has 2 aliphatic rings. The molecule has 10 rings (SSSR count). The summed E-state index contributed by atoms with van der Waals surface area (Å²) in [5, 5.41) is 8.51. The van der Waals surface area contributed by atoms with Crippen molar-refractivity contribution in [2.75, 3.05) is 0 Å². The van der Waals surface area contributed by atoms with E-state index in [2.05, 4.69) is 169 Å². The number of rotatable bonds is 5. The van der Waals surface area contributed by atoms with E-state index in [1.54, 1.807) is 0 Å². The second-order valence-electron chi connectivity index (χ2n) is 12.9. The summed E-state index contributed by atoms with van der Waals surface area (Å²) in [4.78, 5) is 10.5. The Kier molecular flexibility index (Phi) is 6.56. The number of fused-ring (bicyclic) bond motifs is 4. The van der Waals surface area contributed by atoms with Crippen LogP contribution >= 0.6 is 0 Å². The molecule has 50 heavy (non-hydrogen) atoms. The third kappa shape index (κ3) is 4.44. The van der Waals surface area contributed by atoms with Crippen LogP contribution in [0.4, 0.5) is 0 Å². The average molecular weight is 638 g/mol. The summed E-state index contributed by atoms with van der Waals surface area (Å²) in [6, 6.07) is 62.7. The molecule has 0 atom stereocenters. The number of benzene rings is 8. The first-order chi connectivity index (χ1) is 24.8. The van der Waals surface area contributed by atoms with Gasteiger partial charge in [-0.2, -0.15) is 0 Å². The molecule has 8 aromatic carbocycles. The Morgan fingerprint density at radius 2 is 0.760 bits per heavy atom. The molecule has 0 saturated carbocycles. The minimum absolute atomic E-state index is 0.420. The lowest BCUT2D eigenvalue weighted by Gasteiger charge is -2.23. The molecule has 0 saturated heterocycles. The van der Waals surface area contributed by atoms with E-state index in [-0.39, 0.29) is 0 Å². The van der Waals surface area contributed by atoms with Crippen molar-refractivity contribution in [1.29, 1.82) is 0 Å². The van der Waals surface area contributed by atoms with Crippen molar-refractivity contribution in [3.63, 3.8) is 0 Å². The van der Waals surface area contributed by atoms with Crippen molar-refractivity contribution in [1.82, 2.24) is 5.32 Å². The predicted octanol–water partition coefficient (Wildman–Crippen LogP) is 11.5. The van der Waals surface area contributed by atoms with Crippen LogP contribution in [0.1, 0.15) is 22.9 Å². The second-order valence-corrected chi connectivity index (χ2v) is 12.9. The van der Waals surface area contributed by atoms with Gasteiger partial charge in [0.2, 0.25) is 0 Å². The maximum atomic E-state index is 5.27. The Hall–Kier alpha value is -6.58. The van der Waals surface area contributed by atoms with Crippen molar-refractivity contribution < 1.29 is 0 Å². The fourth-order valence-electron chi connectivity index (χ4n) is 7.93. The van der Waals surface area contributed by atoms with Crippen LogP contribution in [-0.4, -0.2) is 11.7 Å². The van der Waals surface area contributed by atoms with Crippen molar-refractivity contribution in [3.05, 3.63) is 193 Å². The van der Waals surface area contributed by atoms with Gasteiger partial charge < -0.3 is 5.32 Å². The number of hydrogen-bond donors (Lipinski definition) is 1. The molecule has 1 N–H and O–H groups in total. The van der Waals surface area contributed by atoms with E-state index in [9.17, 15) is 0 Å². The largest absolute Gasteiger partial charge is 0.324 e. The number of nitrogens with zero attached hydrogens (tertiary/aromatic N) is 2. The number of hydrogen-bond acceptors (Lipinski definition) is 3. The predicted molar refractivity (Wildman–Crippen MR) is 209 cm³/mol. The molecule has 1 aliphatic heterocycles. The van der Waals surface area contributed by atoms with Gasteiger partial charge in [0.15, 0.2) is 6.17 Å². The van der Waals surface area contributed by atoms with E-state index in [0.29, 0.717) is 0 Å². The maximum Gasteiger partial charge on any atom is 0.170 e. The molecule has 234 valence electrons. The molecule has 0 radical (unpaired) electrons. The third-order valence-corrected chi connectivity index (χ3v) is 10.1. The van der Waals surface area contributed by atoms with Gasteiger partial charge in [-0.05, 0) is 66.1 Å². The topological polar surface area (TPSA) is 36.8 Å². The van der Waals surface area contributed by atoms with Crippen molar-refractivity contribution >= 4 is 33.2 Å². The molecule has 0 spiro atoms. The van der Waals surface area contributed by atoms with E-state index >= 15 is 0 Å². The van der Waals surface area contributed by atoms with Gasteiger partial charge in [0.1, 0.15) is 11.7 Å². The summed E-state index contributed by atoms with van der Waals surface area (Å²) in [7, 11) is 0. The maximum absolute atomic E-state index is 5.27. The van der Waals surface area contributed by atoms with Gasteiger partial charge in [0.05, 0.1) is 0 Å². The van der Waals surface area contributed by atoms with Crippen molar-refractivity contribution in [2.45, 2.75) is 6.17 Å². The Balaban J connectivity index is 1.27. The van der Waals surface area contributed by atoms with Crippen molar-refractivity contribution in [2.24, 2.45) is 9.98 Å². The number of aliphatic imine (C=N–C) groups is 2. The van der Waals surface area contributed by atoms with Crippen LogP contribution in [0.3, 0.4) is 0 Å². The molecular weight excluding hydrogens is 607 g/mol. The van der Waals surface area contributed by atoms with Gasteiger partial charge in [-0.1, -0.05) is 176 Å². The lowest BCUT2D eigenvalue weighted by atomic mass is 9.82. The average Bonchev–Trinajstić information content (AvgIpc) is 3.53. The normalized spacial score (nSPS) is 13.5. The Labute approximate surface area is 291 Å². The first-order valence-corrected chi connectivity index (χ1v) is 17.1.